The predicted octanol–water partition coefficient (Wildman–Crippen LogP) is 1.77. The summed E-state index contributed by atoms with van der Waals surface area (Å²) >= 11 is 1.70. The van der Waals surface area contributed by atoms with Crippen molar-refractivity contribution in [2.75, 3.05) is 0 Å². The molecule has 0 spiro atoms. The van der Waals surface area contributed by atoms with Crippen molar-refractivity contribution in [2.45, 2.75) is 4.90 Å². The van der Waals surface area contributed by atoms with Gasteiger partial charge in [0.1, 0.15) is 0 Å². The van der Waals surface area contributed by atoms with Crippen LogP contribution in [0.5, 0.6) is 0 Å². The van der Waals surface area contributed by atoms with Crippen molar-refractivity contribution in [3.05, 3.63) is 41.4 Å². The molecule has 1 aliphatic heterocycles. The second-order valence-electron chi connectivity index (χ2n) is 2.22. The van der Waals surface area contributed by atoms with Crippen molar-refractivity contribution in [3.8, 4) is 0 Å². The minimum atomic E-state index is 0. The average molecular weight is 203 g/mol. The maximum atomic E-state index is 4.09. The van der Waals surface area contributed by atoms with E-state index in [2.05, 4.69) is 17.1 Å². The van der Waals surface area contributed by atoms with Gasteiger partial charge in [0.25, 0.3) is 0 Å². The van der Waals surface area contributed by atoms with E-state index in [1.165, 1.54) is 10.5 Å². The van der Waals surface area contributed by atoms with E-state index in [9.17, 15) is 0 Å². The fraction of sp³-hybridized carbons (Fsp3) is 0. The van der Waals surface area contributed by atoms with Gasteiger partial charge in [-0.25, -0.2) is 0 Å². The van der Waals surface area contributed by atoms with Crippen LogP contribution in [0.25, 0.3) is 0 Å². The Morgan fingerprint density at radius 2 is 2.00 bits per heavy atom. The zero-order valence-corrected chi connectivity index (χ0v) is 6.71. The topological polar surface area (TPSA) is 12.4 Å². The Balaban J connectivity index is 0.000000720. The molecule has 0 bridgehead atoms. The molecule has 0 saturated heterocycles. The molecule has 0 aromatic heterocycles. The number of benzene rings is 1. The monoisotopic (exact) mass is 203 g/mol. The summed E-state index contributed by atoms with van der Waals surface area (Å²) < 4.78 is 0. The summed E-state index contributed by atoms with van der Waals surface area (Å²) in [5.74, 6) is 0. The summed E-state index contributed by atoms with van der Waals surface area (Å²) in [6, 6.07) is 8.23. The van der Waals surface area contributed by atoms with E-state index in [-0.39, 0.29) is 37.7 Å². The van der Waals surface area contributed by atoms with Crippen LogP contribution in [-0.4, -0.2) is 44.0 Å². The molecule has 2 rings (SSSR count). The Kier molecular flexibility index (Phi) is 4.36. The van der Waals surface area contributed by atoms with Crippen molar-refractivity contribution in [3.63, 3.8) is 0 Å². The Morgan fingerprint density at radius 3 is 2.92 bits per heavy atom. The summed E-state index contributed by atoms with van der Waals surface area (Å²) in [6.07, 6.45) is 3.69. The van der Waals surface area contributed by atoms with E-state index in [1.54, 1.807) is 11.8 Å². The molecular weight excluding hydrogens is 194 g/mol. The van der Waals surface area contributed by atoms with E-state index in [0.717, 1.165) is 0 Å². The van der Waals surface area contributed by atoms with Gasteiger partial charge in [-0.05, 0) is 11.5 Å². The van der Waals surface area contributed by atoms with Crippen molar-refractivity contribution in [1.29, 1.82) is 0 Å². The minimum absolute atomic E-state index is 0. The molecule has 1 heterocycles. The van der Waals surface area contributed by atoms with Gasteiger partial charge in [0.2, 0.25) is 0 Å². The normalized spacial score (nSPS) is 13.0. The first kappa shape index (κ1) is 10.3. The van der Waals surface area contributed by atoms with E-state index in [0.29, 0.717) is 0 Å². The van der Waals surface area contributed by atoms with E-state index >= 15 is 0 Å². The number of hydrogen-bond acceptors (Lipinski definition) is 2. The molecule has 1 aromatic rings. The summed E-state index contributed by atoms with van der Waals surface area (Å²) in [4.78, 5) is 5.35. The molecule has 0 saturated carbocycles. The molecule has 1 aromatic carbocycles. The summed E-state index contributed by atoms with van der Waals surface area (Å²) in [5, 5.41) is 1.99. The third-order valence-corrected chi connectivity index (χ3v) is 2.36. The second-order valence-corrected chi connectivity index (χ2v) is 3.17. The van der Waals surface area contributed by atoms with Gasteiger partial charge in [0.15, 0.2) is 0 Å². The maximum absolute atomic E-state index is 4.09. The van der Waals surface area contributed by atoms with Crippen LogP contribution in [0.4, 0.5) is 0 Å². The third-order valence-electron chi connectivity index (χ3n) is 1.47. The molecule has 12 heavy (non-hydrogen) atoms. The Bertz CT molecular complexity index is 320. The van der Waals surface area contributed by atoms with Gasteiger partial charge in [-0.2, -0.15) is 0 Å². The van der Waals surface area contributed by atoms with Gasteiger partial charge in [-0.15, -0.1) is 0 Å². The van der Waals surface area contributed by atoms with Gasteiger partial charge in [0.05, 0.1) is 0 Å². The van der Waals surface area contributed by atoms with Crippen molar-refractivity contribution >= 4 is 55.7 Å². The van der Waals surface area contributed by atoms with E-state index < -0.39 is 0 Å². The molecule has 1 nitrogen and oxygen atoms in total. The fourth-order valence-corrected chi connectivity index (χ4v) is 1.65. The van der Waals surface area contributed by atoms with Gasteiger partial charge in [-0.1, -0.05) is 30.0 Å². The van der Waals surface area contributed by atoms with Crippen molar-refractivity contribution in [2.24, 2.45) is 4.99 Å². The number of nitrogens with zero attached hydrogens (tertiary/aromatic N) is 1. The standard InChI is InChI=1S/C9H7NS.Ca.2H/c1-2-4-9-8(3-1)7-10-5-6-11-9;;;/h1-7H;;;. The molecule has 58 valence electrons. The molecule has 1 aliphatic rings. The first-order valence-corrected chi connectivity index (χ1v) is 4.29. The molecule has 0 unspecified atom stereocenters. The van der Waals surface area contributed by atoms with Gasteiger partial charge in [-0.3, -0.25) is 4.99 Å². The Labute approximate surface area is 106 Å². The summed E-state index contributed by atoms with van der Waals surface area (Å²) in [6.45, 7) is 0. The average Bonchev–Trinajstić information content (AvgIpc) is 2.28. The van der Waals surface area contributed by atoms with Gasteiger partial charge in [0, 0.05) is 22.9 Å². The first-order valence-electron chi connectivity index (χ1n) is 3.41. The van der Waals surface area contributed by atoms with Crippen LogP contribution >= 0.6 is 11.8 Å². The molecular formula is C9H9CaNS. The van der Waals surface area contributed by atoms with Crippen molar-refractivity contribution < 1.29 is 0 Å². The number of aliphatic imine (C=N–C) groups is 1. The Morgan fingerprint density at radius 1 is 1.17 bits per heavy atom. The molecule has 0 aliphatic carbocycles. The van der Waals surface area contributed by atoms with E-state index in [1.807, 2.05) is 30.0 Å². The van der Waals surface area contributed by atoms with Crippen molar-refractivity contribution in [1.82, 2.24) is 0 Å². The quantitative estimate of drug-likeness (QED) is 0.585. The third kappa shape index (κ3) is 2.36. The molecule has 0 fully saturated rings. The zero-order chi connectivity index (χ0) is 7.52. The zero-order valence-electron chi connectivity index (χ0n) is 5.90. The van der Waals surface area contributed by atoms with E-state index in [4.69, 9.17) is 0 Å². The second kappa shape index (κ2) is 5.07. The molecule has 0 amide bonds. The summed E-state index contributed by atoms with van der Waals surface area (Å²) in [7, 11) is 0. The first-order chi connectivity index (χ1) is 5.47. The Hall–Kier alpha value is 0.240. The van der Waals surface area contributed by atoms with Gasteiger partial charge < -0.3 is 0 Å². The van der Waals surface area contributed by atoms with Crippen LogP contribution in [0.3, 0.4) is 0 Å². The molecule has 0 atom stereocenters. The van der Waals surface area contributed by atoms with Crippen LogP contribution in [0.2, 0.25) is 0 Å². The fourth-order valence-electron chi connectivity index (χ4n) is 0.957. The van der Waals surface area contributed by atoms with Gasteiger partial charge >= 0.3 is 37.7 Å². The summed E-state index contributed by atoms with van der Waals surface area (Å²) in [5.41, 5.74) is 1.20. The SMILES string of the molecule is C1=CSc2ccccc2C=N1.[CaH2]. The predicted molar refractivity (Wildman–Crippen MR) is 57.6 cm³/mol. The number of rotatable bonds is 0. The van der Waals surface area contributed by atoms with Crippen LogP contribution in [-0.2, 0) is 0 Å². The molecule has 0 N–H and O–H groups in total. The van der Waals surface area contributed by atoms with Crippen LogP contribution in [0.15, 0.2) is 45.8 Å². The number of hydrogen-bond donors (Lipinski definition) is 0. The van der Waals surface area contributed by atoms with Crippen LogP contribution in [0, 0.1) is 0 Å². The number of fused-ring (bicyclic) bond motifs is 1. The van der Waals surface area contributed by atoms with Crippen LogP contribution < -0.4 is 0 Å². The van der Waals surface area contributed by atoms with Crippen LogP contribution in [0.1, 0.15) is 5.56 Å². The number of thioether (sulfide) groups is 1. The molecule has 3 heteroatoms. The molecule has 0 radical (unpaired) electrons.